The summed E-state index contributed by atoms with van der Waals surface area (Å²) in [5, 5.41) is 8.46. The largest absolute Gasteiger partial charge is 0.481 e. The summed E-state index contributed by atoms with van der Waals surface area (Å²) in [7, 11) is 0. The average Bonchev–Trinajstić information content (AvgIpc) is 1.86. The van der Waals surface area contributed by atoms with Crippen molar-refractivity contribution in [2.45, 2.75) is 20.0 Å². The Morgan fingerprint density at radius 2 is 2.20 bits per heavy atom. The van der Waals surface area contributed by atoms with Gasteiger partial charge in [0, 0.05) is 0 Å². The number of rotatable bonds is 3. The molecule has 3 heteroatoms. The predicted molar refractivity (Wildman–Crippen MR) is 36.5 cm³/mol. The van der Waals surface area contributed by atoms with E-state index in [2.05, 4.69) is 6.58 Å². The Balaban J connectivity index is 4.38. The van der Waals surface area contributed by atoms with Crippen molar-refractivity contribution in [2.75, 3.05) is 0 Å². The predicted octanol–water partition coefficient (Wildman–Crippen LogP) is 1.62. The lowest BCUT2D eigenvalue weighted by molar-refractivity contribution is -0.149. The van der Waals surface area contributed by atoms with Crippen LogP contribution in [0.1, 0.15) is 13.8 Å². The molecule has 0 radical (unpaired) electrons. The van der Waals surface area contributed by atoms with E-state index >= 15 is 0 Å². The van der Waals surface area contributed by atoms with Crippen molar-refractivity contribution in [2.24, 2.45) is 5.41 Å². The minimum Gasteiger partial charge on any atom is -0.481 e. The number of hydrogen-bond acceptors (Lipinski definition) is 1. The first-order valence-electron chi connectivity index (χ1n) is 2.93. The van der Waals surface area contributed by atoms with Gasteiger partial charge in [0.1, 0.15) is 6.17 Å². The Morgan fingerprint density at radius 3 is 2.30 bits per heavy atom. The molecule has 0 saturated carbocycles. The zero-order valence-electron chi connectivity index (χ0n) is 6.10. The number of halogens is 1. The molecule has 0 bridgehead atoms. The van der Waals surface area contributed by atoms with Gasteiger partial charge in [0.05, 0.1) is 5.41 Å². The van der Waals surface area contributed by atoms with Gasteiger partial charge in [-0.3, -0.25) is 4.79 Å². The smallest absolute Gasteiger partial charge is 0.312 e. The standard InChI is InChI=1S/C7H11FO2/c1-4-5(8)7(2,3)6(9)10/h4-5H,1H2,2-3H3,(H,9,10)/t5-/m1/s1. The van der Waals surface area contributed by atoms with Gasteiger partial charge in [-0.1, -0.05) is 6.08 Å². The maximum atomic E-state index is 12.7. The van der Waals surface area contributed by atoms with E-state index in [1.807, 2.05) is 0 Å². The van der Waals surface area contributed by atoms with Gasteiger partial charge in [0.15, 0.2) is 0 Å². The fourth-order valence-corrected chi connectivity index (χ4v) is 0.413. The van der Waals surface area contributed by atoms with Gasteiger partial charge < -0.3 is 5.11 Å². The van der Waals surface area contributed by atoms with Crippen molar-refractivity contribution in [3.05, 3.63) is 12.7 Å². The third-order valence-electron chi connectivity index (χ3n) is 1.45. The number of hydrogen-bond donors (Lipinski definition) is 1. The minimum atomic E-state index is -1.50. The summed E-state index contributed by atoms with van der Waals surface area (Å²) in [6.45, 7) is 5.81. The minimum absolute atomic E-state index is 0.994. The van der Waals surface area contributed by atoms with Gasteiger partial charge in [0.2, 0.25) is 0 Å². The molecule has 0 aromatic carbocycles. The van der Waals surface area contributed by atoms with Gasteiger partial charge in [0.25, 0.3) is 0 Å². The van der Waals surface area contributed by atoms with Crippen molar-refractivity contribution in [1.82, 2.24) is 0 Å². The number of allylic oxidation sites excluding steroid dienone is 1. The molecule has 0 unspecified atom stereocenters. The Kier molecular flexibility index (Phi) is 2.57. The summed E-state index contributed by atoms with van der Waals surface area (Å²) in [5.41, 5.74) is -1.36. The van der Waals surface area contributed by atoms with Crippen LogP contribution < -0.4 is 0 Å². The molecular weight excluding hydrogens is 135 g/mol. The second-order valence-corrected chi connectivity index (χ2v) is 2.66. The second-order valence-electron chi connectivity index (χ2n) is 2.66. The molecule has 0 aliphatic carbocycles. The van der Waals surface area contributed by atoms with Gasteiger partial charge in [-0.2, -0.15) is 0 Å². The topological polar surface area (TPSA) is 37.3 Å². The quantitative estimate of drug-likeness (QED) is 0.614. The highest BCUT2D eigenvalue weighted by molar-refractivity contribution is 5.74. The lowest BCUT2D eigenvalue weighted by Crippen LogP contribution is -2.32. The third-order valence-corrected chi connectivity index (χ3v) is 1.45. The fourth-order valence-electron chi connectivity index (χ4n) is 0.413. The molecule has 0 heterocycles. The molecule has 0 amide bonds. The van der Waals surface area contributed by atoms with Crippen LogP contribution in [0.15, 0.2) is 12.7 Å². The number of carbonyl (C=O) groups is 1. The summed E-state index contributed by atoms with van der Waals surface area (Å²) in [4.78, 5) is 10.3. The van der Waals surface area contributed by atoms with Crippen LogP contribution >= 0.6 is 0 Å². The first-order valence-corrected chi connectivity index (χ1v) is 2.93. The zero-order chi connectivity index (χ0) is 8.36. The van der Waals surface area contributed by atoms with Crippen LogP contribution in [-0.2, 0) is 4.79 Å². The maximum absolute atomic E-state index is 12.7. The Bertz CT molecular complexity index is 152. The van der Waals surface area contributed by atoms with E-state index in [4.69, 9.17) is 5.11 Å². The van der Waals surface area contributed by atoms with E-state index in [1.54, 1.807) is 0 Å². The van der Waals surface area contributed by atoms with Crippen LogP contribution in [0.3, 0.4) is 0 Å². The van der Waals surface area contributed by atoms with Gasteiger partial charge >= 0.3 is 5.97 Å². The van der Waals surface area contributed by atoms with Gasteiger partial charge in [-0.15, -0.1) is 6.58 Å². The molecule has 10 heavy (non-hydrogen) atoms. The molecule has 0 fully saturated rings. The van der Waals surface area contributed by atoms with E-state index in [9.17, 15) is 9.18 Å². The normalized spacial score (nSPS) is 14.3. The molecular formula is C7H11FO2. The van der Waals surface area contributed by atoms with Crippen molar-refractivity contribution in [3.8, 4) is 0 Å². The lowest BCUT2D eigenvalue weighted by Gasteiger charge is -2.20. The van der Waals surface area contributed by atoms with E-state index in [0.717, 1.165) is 6.08 Å². The summed E-state index contributed by atoms with van der Waals surface area (Å²) in [5.74, 6) is -1.15. The molecule has 0 spiro atoms. The van der Waals surface area contributed by atoms with Crippen LogP contribution in [0.4, 0.5) is 4.39 Å². The van der Waals surface area contributed by atoms with Crippen molar-refractivity contribution < 1.29 is 14.3 Å². The molecule has 0 saturated heterocycles. The molecule has 1 N–H and O–H groups in total. The second kappa shape index (κ2) is 2.82. The Morgan fingerprint density at radius 1 is 1.80 bits per heavy atom. The fraction of sp³-hybridized carbons (Fsp3) is 0.571. The van der Waals surface area contributed by atoms with E-state index in [0.29, 0.717) is 0 Å². The molecule has 58 valence electrons. The highest BCUT2D eigenvalue weighted by atomic mass is 19.1. The van der Waals surface area contributed by atoms with E-state index in [1.165, 1.54) is 13.8 Å². The summed E-state index contributed by atoms with van der Waals surface area (Å²) in [6, 6.07) is 0. The van der Waals surface area contributed by atoms with Crippen molar-refractivity contribution in [3.63, 3.8) is 0 Å². The molecule has 0 rings (SSSR count). The Hall–Kier alpha value is -0.860. The summed E-state index contributed by atoms with van der Waals surface area (Å²) < 4.78 is 12.7. The molecule has 0 aliphatic heterocycles. The van der Waals surface area contributed by atoms with E-state index in [-0.39, 0.29) is 0 Å². The summed E-state index contributed by atoms with van der Waals surface area (Å²) in [6.07, 6.45) is -0.501. The lowest BCUT2D eigenvalue weighted by atomic mass is 9.88. The molecule has 2 nitrogen and oxygen atoms in total. The van der Waals surface area contributed by atoms with Crippen molar-refractivity contribution >= 4 is 5.97 Å². The van der Waals surface area contributed by atoms with Crippen LogP contribution in [0.2, 0.25) is 0 Å². The highest BCUT2D eigenvalue weighted by Crippen LogP contribution is 2.24. The first kappa shape index (κ1) is 9.14. The van der Waals surface area contributed by atoms with E-state index < -0.39 is 17.6 Å². The zero-order valence-corrected chi connectivity index (χ0v) is 6.10. The van der Waals surface area contributed by atoms with Gasteiger partial charge in [-0.25, -0.2) is 4.39 Å². The molecule has 0 aliphatic rings. The molecule has 1 atom stereocenters. The Labute approximate surface area is 59.4 Å². The number of alkyl halides is 1. The van der Waals surface area contributed by atoms with Crippen LogP contribution in [0, 0.1) is 5.41 Å². The van der Waals surface area contributed by atoms with Gasteiger partial charge in [-0.05, 0) is 13.8 Å². The van der Waals surface area contributed by atoms with Crippen LogP contribution in [-0.4, -0.2) is 17.2 Å². The third kappa shape index (κ3) is 1.56. The van der Waals surface area contributed by atoms with Crippen LogP contribution in [0.25, 0.3) is 0 Å². The number of carboxylic acids is 1. The average molecular weight is 146 g/mol. The number of aliphatic carboxylic acids is 1. The maximum Gasteiger partial charge on any atom is 0.312 e. The highest BCUT2D eigenvalue weighted by Gasteiger charge is 2.35. The first-order chi connectivity index (χ1) is 4.42. The van der Waals surface area contributed by atoms with Crippen molar-refractivity contribution in [1.29, 1.82) is 0 Å². The SMILES string of the molecule is C=C[C@@H](F)C(C)(C)C(=O)O. The molecule has 0 aromatic rings. The number of carboxylic acid groups (broad SMARTS) is 1. The van der Waals surface area contributed by atoms with Crippen LogP contribution in [0.5, 0.6) is 0 Å². The molecule has 0 aromatic heterocycles. The monoisotopic (exact) mass is 146 g/mol. The summed E-state index contributed by atoms with van der Waals surface area (Å²) >= 11 is 0.